The van der Waals surface area contributed by atoms with Crippen molar-refractivity contribution in [2.75, 3.05) is 0 Å². The van der Waals surface area contributed by atoms with E-state index in [1.54, 1.807) is 0 Å². The molecule has 0 fully saturated rings. The third-order valence-corrected chi connectivity index (χ3v) is 3.02. The highest BCUT2D eigenvalue weighted by Gasteiger charge is 2.15. The van der Waals surface area contributed by atoms with E-state index in [0.29, 0.717) is 0 Å². The van der Waals surface area contributed by atoms with E-state index in [4.69, 9.17) is 5.73 Å². The summed E-state index contributed by atoms with van der Waals surface area (Å²) >= 11 is 0. The quantitative estimate of drug-likeness (QED) is 0.856. The van der Waals surface area contributed by atoms with Crippen LogP contribution in [0.3, 0.4) is 0 Å². The van der Waals surface area contributed by atoms with Gasteiger partial charge in [-0.15, -0.1) is 0 Å². The Balaban J connectivity index is 2.13. The van der Waals surface area contributed by atoms with Gasteiger partial charge in [0.25, 0.3) is 0 Å². The van der Waals surface area contributed by atoms with Gasteiger partial charge in [-0.2, -0.15) is 0 Å². The summed E-state index contributed by atoms with van der Waals surface area (Å²) in [5.41, 5.74) is 5.72. The van der Waals surface area contributed by atoms with E-state index in [9.17, 15) is 17.6 Å². The monoisotopic (exact) mass is 283 g/mol. The number of nitrogens with two attached hydrogens (primary N) is 1. The molecule has 106 valence electrons. The molecule has 20 heavy (non-hydrogen) atoms. The van der Waals surface area contributed by atoms with E-state index in [1.165, 1.54) is 6.07 Å². The van der Waals surface area contributed by atoms with Crippen molar-refractivity contribution in [3.8, 4) is 0 Å². The van der Waals surface area contributed by atoms with Gasteiger partial charge in [-0.3, -0.25) is 0 Å². The molecule has 0 spiro atoms. The molecule has 0 saturated heterocycles. The molecule has 0 aliphatic rings. The Morgan fingerprint density at radius 3 is 2.15 bits per heavy atom. The summed E-state index contributed by atoms with van der Waals surface area (Å²) in [6.07, 6.45) is -0.0914. The number of rotatable bonds is 4. The van der Waals surface area contributed by atoms with E-state index in [0.717, 1.165) is 30.3 Å². The van der Waals surface area contributed by atoms with Gasteiger partial charge in [-0.1, -0.05) is 6.07 Å². The van der Waals surface area contributed by atoms with Crippen LogP contribution in [0.1, 0.15) is 11.1 Å². The van der Waals surface area contributed by atoms with Crippen LogP contribution in [0.5, 0.6) is 0 Å². The minimum Gasteiger partial charge on any atom is -0.327 e. The van der Waals surface area contributed by atoms with Crippen molar-refractivity contribution in [3.63, 3.8) is 0 Å². The third-order valence-electron chi connectivity index (χ3n) is 3.02. The second-order valence-electron chi connectivity index (χ2n) is 4.60. The lowest BCUT2D eigenvalue weighted by Crippen LogP contribution is -2.27. The first kappa shape index (κ1) is 14.5. The third kappa shape index (κ3) is 3.36. The Bertz CT molecular complexity index is 593. The van der Waals surface area contributed by atoms with Gasteiger partial charge in [0, 0.05) is 11.6 Å². The predicted octanol–water partition coefficient (Wildman–Crippen LogP) is 3.36. The van der Waals surface area contributed by atoms with Crippen LogP contribution < -0.4 is 5.73 Å². The van der Waals surface area contributed by atoms with Crippen LogP contribution in [-0.4, -0.2) is 6.04 Å². The molecule has 0 bridgehead atoms. The van der Waals surface area contributed by atoms with Crippen LogP contribution in [0.15, 0.2) is 36.4 Å². The first-order valence-electron chi connectivity index (χ1n) is 6.09. The van der Waals surface area contributed by atoms with Gasteiger partial charge in [0.1, 0.15) is 23.3 Å². The van der Waals surface area contributed by atoms with E-state index in [2.05, 4.69) is 0 Å². The van der Waals surface area contributed by atoms with Gasteiger partial charge in [0.2, 0.25) is 0 Å². The number of halogens is 4. The highest BCUT2D eigenvalue weighted by Crippen LogP contribution is 2.17. The molecule has 5 heteroatoms. The number of benzene rings is 2. The first-order valence-corrected chi connectivity index (χ1v) is 6.09. The predicted molar refractivity (Wildman–Crippen MR) is 68.1 cm³/mol. The molecule has 0 amide bonds. The molecule has 2 rings (SSSR count). The largest absolute Gasteiger partial charge is 0.327 e. The van der Waals surface area contributed by atoms with Crippen molar-refractivity contribution in [2.24, 2.45) is 5.73 Å². The van der Waals surface area contributed by atoms with Crippen molar-refractivity contribution in [3.05, 3.63) is 70.8 Å². The average molecular weight is 283 g/mol. The zero-order valence-corrected chi connectivity index (χ0v) is 10.5. The molecule has 1 atom stereocenters. The first-order chi connectivity index (χ1) is 9.47. The van der Waals surface area contributed by atoms with Crippen molar-refractivity contribution >= 4 is 0 Å². The standard InChI is InChI=1S/C15H13F4N/c16-10-4-5-13(17)9(6-10)7-11(20)8-12-14(18)2-1-3-15(12)19/h1-6,11H,7-8,20H2. The lowest BCUT2D eigenvalue weighted by molar-refractivity contribution is 0.525. The maximum atomic E-state index is 13.5. The average Bonchev–Trinajstić information content (AvgIpc) is 2.38. The Labute approximate surface area is 114 Å². The van der Waals surface area contributed by atoms with Crippen LogP contribution in [0.4, 0.5) is 17.6 Å². The number of hydrogen-bond donors (Lipinski definition) is 1. The van der Waals surface area contributed by atoms with Gasteiger partial charge < -0.3 is 5.73 Å². The summed E-state index contributed by atoms with van der Waals surface area (Å²) in [5.74, 6) is -2.55. The van der Waals surface area contributed by atoms with Crippen LogP contribution in [0.25, 0.3) is 0 Å². The minimum atomic E-state index is -0.710. The molecular formula is C15H13F4N. The molecule has 0 saturated carbocycles. The molecule has 2 aromatic rings. The summed E-state index contributed by atoms with van der Waals surface area (Å²) in [6, 6.07) is 5.85. The zero-order chi connectivity index (χ0) is 14.7. The number of hydrogen-bond acceptors (Lipinski definition) is 1. The lowest BCUT2D eigenvalue weighted by atomic mass is 9.98. The topological polar surface area (TPSA) is 26.0 Å². The van der Waals surface area contributed by atoms with Crippen LogP contribution >= 0.6 is 0 Å². The van der Waals surface area contributed by atoms with Crippen molar-refractivity contribution in [2.45, 2.75) is 18.9 Å². The van der Waals surface area contributed by atoms with Gasteiger partial charge in [-0.25, -0.2) is 17.6 Å². The summed E-state index contributed by atoms with van der Waals surface area (Å²) < 4.78 is 53.4. The molecule has 0 aliphatic carbocycles. The molecular weight excluding hydrogens is 270 g/mol. The minimum absolute atomic E-state index is 0.00261. The van der Waals surface area contributed by atoms with Gasteiger partial charge >= 0.3 is 0 Å². The van der Waals surface area contributed by atoms with Gasteiger partial charge in [0.15, 0.2) is 0 Å². The van der Waals surface area contributed by atoms with Crippen molar-refractivity contribution < 1.29 is 17.6 Å². The molecule has 2 N–H and O–H groups in total. The normalized spacial score (nSPS) is 12.4. The second-order valence-corrected chi connectivity index (χ2v) is 4.60. The molecule has 2 aromatic carbocycles. The van der Waals surface area contributed by atoms with E-state index < -0.39 is 29.3 Å². The lowest BCUT2D eigenvalue weighted by Gasteiger charge is -2.13. The van der Waals surface area contributed by atoms with E-state index >= 15 is 0 Å². The smallest absolute Gasteiger partial charge is 0.129 e. The fourth-order valence-corrected chi connectivity index (χ4v) is 2.04. The molecule has 0 radical (unpaired) electrons. The molecule has 0 heterocycles. The van der Waals surface area contributed by atoms with Crippen LogP contribution in [0, 0.1) is 23.3 Å². The second kappa shape index (κ2) is 6.05. The summed E-state index contributed by atoms with van der Waals surface area (Å²) in [4.78, 5) is 0. The Hall–Kier alpha value is -1.88. The summed E-state index contributed by atoms with van der Waals surface area (Å²) in [7, 11) is 0. The Kier molecular flexibility index (Phi) is 4.39. The fraction of sp³-hybridized carbons (Fsp3) is 0.200. The SMILES string of the molecule is NC(Cc1cc(F)ccc1F)Cc1c(F)cccc1F. The highest BCUT2D eigenvalue weighted by molar-refractivity contribution is 5.23. The van der Waals surface area contributed by atoms with Gasteiger partial charge in [0.05, 0.1) is 0 Å². The van der Waals surface area contributed by atoms with E-state index in [1.807, 2.05) is 0 Å². The molecule has 1 nitrogen and oxygen atoms in total. The van der Waals surface area contributed by atoms with Gasteiger partial charge in [-0.05, 0) is 48.7 Å². The summed E-state index contributed by atoms with van der Waals surface area (Å²) in [6.45, 7) is 0. The van der Waals surface area contributed by atoms with Crippen LogP contribution in [0.2, 0.25) is 0 Å². The fourth-order valence-electron chi connectivity index (χ4n) is 2.04. The highest BCUT2D eigenvalue weighted by atomic mass is 19.1. The van der Waals surface area contributed by atoms with Crippen LogP contribution in [-0.2, 0) is 12.8 Å². The Morgan fingerprint density at radius 2 is 1.50 bits per heavy atom. The molecule has 0 aliphatic heterocycles. The van der Waals surface area contributed by atoms with Crippen molar-refractivity contribution in [1.29, 1.82) is 0 Å². The zero-order valence-electron chi connectivity index (χ0n) is 10.5. The summed E-state index contributed by atoms with van der Waals surface area (Å²) in [5, 5.41) is 0. The van der Waals surface area contributed by atoms with E-state index in [-0.39, 0.29) is 24.0 Å². The maximum Gasteiger partial charge on any atom is 0.129 e. The van der Waals surface area contributed by atoms with Crippen molar-refractivity contribution in [1.82, 2.24) is 0 Å². The molecule has 1 unspecified atom stereocenters. The maximum absolute atomic E-state index is 13.5. The molecule has 0 aromatic heterocycles. The Morgan fingerprint density at radius 1 is 0.850 bits per heavy atom.